The zero-order chi connectivity index (χ0) is 17.4. The van der Waals surface area contributed by atoms with Crippen LogP contribution in [0, 0.1) is 5.92 Å². The Morgan fingerprint density at radius 1 is 1.24 bits per heavy atom. The molecular formula is C17H19F2N5O. The molecule has 1 aliphatic carbocycles. The number of carbonyl (C=O) groups excluding carboxylic acids is 1. The molecule has 0 radical (unpaired) electrons. The van der Waals surface area contributed by atoms with Gasteiger partial charge in [0, 0.05) is 18.3 Å². The van der Waals surface area contributed by atoms with Crippen LogP contribution in [-0.4, -0.2) is 33.8 Å². The standard InChI is InChI=1S/C17H19F2N5O/c18-17(19)16-14(23-9-6-15-20-7-1-8-24(15)23)10-22(21-16)13-4-2-12(11-25)3-5-13/h1,6-8,10-13,17H,2-5,9H2. The van der Waals surface area contributed by atoms with E-state index in [0.29, 0.717) is 12.2 Å². The molecule has 132 valence electrons. The summed E-state index contributed by atoms with van der Waals surface area (Å²) in [6.07, 6.45) is 10.3. The summed E-state index contributed by atoms with van der Waals surface area (Å²) in [5.74, 6) is 0.810. The lowest BCUT2D eigenvalue weighted by Crippen LogP contribution is -2.34. The molecule has 0 unspecified atom stereocenters. The predicted molar refractivity (Wildman–Crippen MR) is 89.1 cm³/mol. The molecule has 0 aromatic carbocycles. The van der Waals surface area contributed by atoms with Gasteiger partial charge in [-0.15, -0.1) is 0 Å². The fourth-order valence-corrected chi connectivity index (χ4v) is 3.64. The number of rotatable bonds is 4. The molecule has 0 saturated heterocycles. The number of halogens is 2. The quantitative estimate of drug-likeness (QED) is 0.785. The maximum absolute atomic E-state index is 13.6. The van der Waals surface area contributed by atoms with Crippen LogP contribution < -0.4 is 5.01 Å². The summed E-state index contributed by atoms with van der Waals surface area (Å²) in [5, 5.41) is 7.71. The Kier molecular flexibility index (Phi) is 4.10. The minimum atomic E-state index is -2.65. The average Bonchev–Trinajstić information content (AvgIpc) is 3.26. The lowest BCUT2D eigenvalue weighted by atomic mass is 9.87. The van der Waals surface area contributed by atoms with E-state index in [9.17, 15) is 13.6 Å². The van der Waals surface area contributed by atoms with Gasteiger partial charge in [-0.1, -0.05) is 0 Å². The van der Waals surface area contributed by atoms with Crippen molar-refractivity contribution >= 4 is 18.2 Å². The van der Waals surface area contributed by atoms with Gasteiger partial charge in [0.05, 0.1) is 18.8 Å². The van der Waals surface area contributed by atoms with Crippen molar-refractivity contribution in [3.63, 3.8) is 0 Å². The van der Waals surface area contributed by atoms with E-state index in [-0.39, 0.29) is 17.7 Å². The van der Waals surface area contributed by atoms with Crippen molar-refractivity contribution in [3.05, 3.63) is 36.1 Å². The van der Waals surface area contributed by atoms with E-state index in [1.165, 1.54) is 0 Å². The van der Waals surface area contributed by atoms with Crippen molar-refractivity contribution in [2.24, 2.45) is 10.9 Å². The van der Waals surface area contributed by atoms with Gasteiger partial charge in [-0.3, -0.25) is 9.69 Å². The Balaban J connectivity index is 1.60. The molecule has 3 aliphatic rings. The molecule has 0 spiro atoms. The SMILES string of the molecule is O=CC1CCC(n2cc(N3CC=C4N=CC=CN43)c(C(F)F)n2)CC1. The lowest BCUT2D eigenvalue weighted by molar-refractivity contribution is -0.112. The fourth-order valence-electron chi connectivity index (χ4n) is 3.64. The molecule has 4 rings (SSSR count). The molecule has 1 fully saturated rings. The van der Waals surface area contributed by atoms with Crippen LogP contribution in [0.4, 0.5) is 14.5 Å². The Bertz CT molecular complexity index is 746. The molecule has 1 aromatic rings. The Labute approximate surface area is 144 Å². The van der Waals surface area contributed by atoms with Crippen LogP contribution in [0.15, 0.2) is 35.4 Å². The van der Waals surface area contributed by atoms with Gasteiger partial charge in [0.1, 0.15) is 17.8 Å². The minimum Gasteiger partial charge on any atom is -0.303 e. The number of allylic oxidation sites excluding steroid dienone is 1. The first-order valence-corrected chi connectivity index (χ1v) is 8.47. The Morgan fingerprint density at radius 2 is 2.04 bits per heavy atom. The van der Waals surface area contributed by atoms with Crippen LogP contribution in [0.25, 0.3) is 0 Å². The van der Waals surface area contributed by atoms with E-state index in [1.54, 1.807) is 39.4 Å². The van der Waals surface area contributed by atoms with Crippen molar-refractivity contribution in [2.75, 3.05) is 11.6 Å². The number of hydrazine groups is 1. The number of aldehydes is 1. The summed E-state index contributed by atoms with van der Waals surface area (Å²) in [6, 6.07) is 0.0624. The molecule has 6 nitrogen and oxygen atoms in total. The van der Waals surface area contributed by atoms with Crippen molar-refractivity contribution in [3.8, 4) is 0 Å². The molecule has 2 aliphatic heterocycles. The first kappa shape index (κ1) is 16.0. The van der Waals surface area contributed by atoms with Crippen LogP contribution in [-0.2, 0) is 4.79 Å². The topological polar surface area (TPSA) is 53.7 Å². The van der Waals surface area contributed by atoms with Crippen LogP contribution in [0.3, 0.4) is 0 Å². The van der Waals surface area contributed by atoms with Gasteiger partial charge in [-0.05, 0) is 37.8 Å². The van der Waals surface area contributed by atoms with Gasteiger partial charge in [0.25, 0.3) is 6.43 Å². The molecule has 0 amide bonds. The molecule has 1 saturated carbocycles. The number of fused-ring (bicyclic) bond motifs is 1. The predicted octanol–water partition coefficient (Wildman–Crippen LogP) is 3.23. The number of anilines is 1. The number of hydrogen-bond donors (Lipinski definition) is 0. The molecule has 25 heavy (non-hydrogen) atoms. The second kappa shape index (κ2) is 6.42. The smallest absolute Gasteiger partial charge is 0.284 e. The van der Waals surface area contributed by atoms with E-state index in [0.717, 1.165) is 37.8 Å². The summed E-state index contributed by atoms with van der Waals surface area (Å²) >= 11 is 0. The van der Waals surface area contributed by atoms with Gasteiger partial charge in [0.15, 0.2) is 5.69 Å². The third-order valence-corrected chi connectivity index (χ3v) is 4.99. The second-order valence-electron chi connectivity index (χ2n) is 6.49. The average molecular weight is 347 g/mol. The van der Waals surface area contributed by atoms with E-state index in [2.05, 4.69) is 10.1 Å². The maximum atomic E-state index is 13.6. The largest absolute Gasteiger partial charge is 0.303 e. The number of aromatic nitrogens is 2. The van der Waals surface area contributed by atoms with Gasteiger partial charge in [0.2, 0.25) is 0 Å². The zero-order valence-corrected chi connectivity index (χ0v) is 13.6. The van der Waals surface area contributed by atoms with Gasteiger partial charge < -0.3 is 4.79 Å². The van der Waals surface area contributed by atoms with Crippen molar-refractivity contribution in [2.45, 2.75) is 38.2 Å². The summed E-state index contributed by atoms with van der Waals surface area (Å²) in [7, 11) is 0. The molecule has 0 atom stereocenters. The van der Waals surface area contributed by atoms with E-state index >= 15 is 0 Å². The summed E-state index contributed by atoms with van der Waals surface area (Å²) in [5.41, 5.74) is 0.190. The Morgan fingerprint density at radius 3 is 2.76 bits per heavy atom. The summed E-state index contributed by atoms with van der Waals surface area (Å²) < 4.78 is 28.8. The number of aliphatic imine (C=N–C) groups is 1. The van der Waals surface area contributed by atoms with E-state index in [4.69, 9.17) is 0 Å². The molecular weight excluding hydrogens is 328 g/mol. The maximum Gasteiger partial charge on any atom is 0.284 e. The highest BCUT2D eigenvalue weighted by atomic mass is 19.3. The lowest BCUT2D eigenvalue weighted by Gasteiger charge is -2.30. The second-order valence-corrected chi connectivity index (χ2v) is 6.49. The minimum absolute atomic E-state index is 0.0624. The number of nitrogens with zero attached hydrogens (tertiary/aromatic N) is 5. The van der Waals surface area contributed by atoms with Crippen LogP contribution in [0.2, 0.25) is 0 Å². The van der Waals surface area contributed by atoms with Crippen LogP contribution in [0.5, 0.6) is 0 Å². The molecule has 1 aromatic heterocycles. The highest BCUT2D eigenvalue weighted by Gasteiger charge is 2.32. The Hall–Kier alpha value is -2.51. The van der Waals surface area contributed by atoms with Crippen molar-refractivity contribution < 1.29 is 13.6 Å². The molecule has 3 heterocycles. The zero-order valence-electron chi connectivity index (χ0n) is 13.6. The molecule has 0 bridgehead atoms. The number of alkyl halides is 2. The third-order valence-electron chi connectivity index (χ3n) is 4.99. The van der Waals surface area contributed by atoms with Crippen LogP contribution in [0.1, 0.15) is 43.8 Å². The fraction of sp³-hybridized carbons (Fsp3) is 0.471. The van der Waals surface area contributed by atoms with E-state index in [1.807, 2.05) is 6.08 Å². The van der Waals surface area contributed by atoms with Crippen molar-refractivity contribution in [1.29, 1.82) is 0 Å². The van der Waals surface area contributed by atoms with Crippen molar-refractivity contribution in [1.82, 2.24) is 14.8 Å². The molecule has 0 N–H and O–H groups in total. The number of carbonyl (C=O) groups is 1. The monoisotopic (exact) mass is 347 g/mol. The van der Waals surface area contributed by atoms with Gasteiger partial charge in [-0.2, -0.15) is 5.10 Å². The van der Waals surface area contributed by atoms with Gasteiger partial charge >= 0.3 is 0 Å². The van der Waals surface area contributed by atoms with E-state index < -0.39 is 6.43 Å². The third kappa shape index (κ3) is 2.85. The number of hydrogen-bond acceptors (Lipinski definition) is 5. The van der Waals surface area contributed by atoms with Crippen LogP contribution >= 0.6 is 0 Å². The summed E-state index contributed by atoms with van der Waals surface area (Å²) in [4.78, 5) is 15.1. The highest BCUT2D eigenvalue weighted by Crippen LogP contribution is 2.37. The van der Waals surface area contributed by atoms with Gasteiger partial charge in [-0.25, -0.2) is 18.8 Å². The first-order chi connectivity index (χ1) is 12.2. The first-order valence-electron chi connectivity index (χ1n) is 8.47. The molecule has 8 heteroatoms. The normalized spacial score (nSPS) is 25.5. The summed E-state index contributed by atoms with van der Waals surface area (Å²) in [6.45, 7) is 0.473. The highest BCUT2D eigenvalue weighted by molar-refractivity contribution is 5.74.